The van der Waals surface area contributed by atoms with E-state index in [1.165, 1.54) is 6.07 Å². The first-order chi connectivity index (χ1) is 9.88. The standard InChI is InChI=1S/C15H22FN3O2/c1-9(2)19-4-3-10(8-19)7-18-14-5-11(15(20)21)13(17)6-12(14)16/h5-6,9-10,18H,3-4,7-8,17H2,1-2H3,(H,20,21). The molecule has 1 atom stereocenters. The average Bonchev–Trinajstić information content (AvgIpc) is 2.86. The summed E-state index contributed by atoms with van der Waals surface area (Å²) >= 11 is 0. The van der Waals surface area contributed by atoms with E-state index >= 15 is 0 Å². The molecule has 5 nitrogen and oxygen atoms in total. The molecule has 1 aliphatic rings. The van der Waals surface area contributed by atoms with Crippen molar-refractivity contribution < 1.29 is 14.3 Å². The molecule has 116 valence electrons. The lowest BCUT2D eigenvalue weighted by molar-refractivity contribution is 0.0698. The van der Waals surface area contributed by atoms with Gasteiger partial charge in [0, 0.05) is 24.8 Å². The van der Waals surface area contributed by atoms with Crippen LogP contribution in [0.25, 0.3) is 0 Å². The third-order valence-corrected chi connectivity index (χ3v) is 4.00. The number of hydrogen-bond donors (Lipinski definition) is 3. The summed E-state index contributed by atoms with van der Waals surface area (Å²) in [5.41, 5.74) is 5.57. The minimum Gasteiger partial charge on any atom is -0.478 e. The molecule has 0 amide bonds. The summed E-state index contributed by atoms with van der Waals surface area (Å²) in [7, 11) is 0. The summed E-state index contributed by atoms with van der Waals surface area (Å²) < 4.78 is 13.8. The second-order valence-corrected chi connectivity index (χ2v) is 5.85. The topological polar surface area (TPSA) is 78.6 Å². The maximum Gasteiger partial charge on any atom is 0.337 e. The fourth-order valence-corrected chi connectivity index (χ4v) is 2.66. The van der Waals surface area contributed by atoms with Crippen LogP contribution < -0.4 is 11.1 Å². The van der Waals surface area contributed by atoms with Crippen molar-refractivity contribution in [2.24, 2.45) is 5.92 Å². The highest BCUT2D eigenvalue weighted by Crippen LogP contribution is 2.24. The second kappa shape index (κ2) is 6.30. The number of benzene rings is 1. The molecule has 1 heterocycles. The molecule has 0 spiro atoms. The van der Waals surface area contributed by atoms with E-state index in [9.17, 15) is 9.18 Å². The van der Waals surface area contributed by atoms with Crippen molar-refractivity contribution >= 4 is 17.3 Å². The number of carboxylic acid groups (broad SMARTS) is 1. The van der Waals surface area contributed by atoms with Gasteiger partial charge < -0.3 is 21.1 Å². The fourth-order valence-electron chi connectivity index (χ4n) is 2.66. The number of rotatable bonds is 5. The van der Waals surface area contributed by atoms with Crippen molar-refractivity contribution in [1.29, 1.82) is 0 Å². The molecule has 4 N–H and O–H groups in total. The highest BCUT2D eigenvalue weighted by atomic mass is 19.1. The summed E-state index contributed by atoms with van der Waals surface area (Å²) in [6, 6.07) is 2.84. The molecule has 6 heteroatoms. The zero-order valence-corrected chi connectivity index (χ0v) is 12.4. The van der Waals surface area contributed by atoms with Crippen LogP contribution in [0.1, 0.15) is 30.6 Å². The smallest absolute Gasteiger partial charge is 0.337 e. The number of hydrogen-bond acceptors (Lipinski definition) is 4. The van der Waals surface area contributed by atoms with Crippen LogP contribution in [0.5, 0.6) is 0 Å². The second-order valence-electron chi connectivity index (χ2n) is 5.85. The molecule has 0 bridgehead atoms. The van der Waals surface area contributed by atoms with Crippen molar-refractivity contribution in [3.8, 4) is 0 Å². The summed E-state index contributed by atoms with van der Waals surface area (Å²) in [5, 5.41) is 12.0. The first kappa shape index (κ1) is 15.6. The number of nitrogens with two attached hydrogens (primary N) is 1. The zero-order valence-electron chi connectivity index (χ0n) is 12.4. The Bertz CT molecular complexity index is 534. The molecule has 1 fully saturated rings. The Morgan fingerprint density at radius 2 is 2.29 bits per heavy atom. The van der Waals surface area contributed by atoms with Crippen LogP contribution in [0, 0.1) is 11.7 Å². The van der Waals surface area contributed by atoms with E-state index in [0.29, 0.717) is 18.5 Å². The Morgan fingerprint density at radius 3 is 2.86 bits per heavy atom. The van der Waals surface area contributed by atoms with Crippen molar-refractivity contribution in [3.63, 3.8) is 0 Å². The number of anilines is 2. The zero-order chi connectivity index (χ0) is 15.6. The number of likely N-dealkylation sites (tertiary alicyclic amines) is 1. The summed E-state index contributed by atoms with van der Waals surface area (Å²) in [6.07, 6.45) is 1.06. The monoisotopic (exact) mass is 295 g/mol. The van der Waals surface area contributed by atoms with Gasteiger partial charge >= 0.3 is 5.97 Å². The highest BCUT2D eigenvalue weighted by Gasteiger charge is 2.24. The molecular formula is C15H22FN3O2. The van der Waals surface area contributed by atoms with Crippen LogP contribution >= 0.6 is 0 Å². The summed E-state index contributed by atoms with van der Waals surface area (Å²) in [5.74, 6) is -1.23. The lowest BCUT2D eigenvalue weighted by Crippen LogP contribution is -2.29. The van der Waals surface area contributed by atoms with Crippen LogP contribution in [0.3, 0.4) is 0 Å². The third-order valence-electron chi connectivity index (χ3n) is 4.00. The molecule has 1 unspecified atom stereocenters. The number of nitrogens with zero attached hydrogens (tertiary/aromatic N) is 1. The number of aromatic carboxylic acids is 1. The molecule has 0 aliphatic carbocycles. The lowest BCUT2D eigenvalue weighted by Gasteiger charge is -2.20. The van der Waals surface area contributed by atoms with Gasteiger partial charge in [-0.2, -0.15) is 0 Å². The third kappa shape index (κ3) is 3.64. The van der Waals surface area contributed by atoms with E-state index in [4.69, 9.17) is 10.8 Å². The number of nitrogen functional groups attached to an aromatic ring is 1. The van der Waals surface area contributed by atoms with Crippen LogP contribution in [0.4, 0.5) is 15.8 Å². The molecule has 0 aromatic heterocycles. The van der Waals surface area contributed by atoms with Gasteiger partial charge in [-0.15, -0.1) is 0 Å². The Morgan fingerprint density at radius 1 is 1.57 bits per heavy atom. The Labute approximate surface area is 123 Å². The van der Waals surface area contributed by atoms with Gasteiger partial charge in [0.05, 0.1) is 11.3 Å². The minimum absolute atomic E-state index is 0.0580. The molecular weight excluding hydrogens is 273 g/mol. The quantitative estimate of drug-likeness (QED) is 0.726. The van der Waals surface area contributed by atoms with Crippen LogP contribution in [-0.4, -0.2) is 41.7 Å². The van der Waals surface area contributed by atoms with Crippen LogP contribution in [0.15, 0.2) is 12.1 Å². The van der Waals surface area contributed by atoms with E-state index in [0.717, 1.165) is 25.6 Å². The molecule has 1 saturated heterocycles. The summed E-state index contributed by atoms with van der Waals surface area (Å²) in [4.78, 5) is 13.4. The maximum absolute atomic E-state index is 13.8. The van der Waals surface area contributed by atoms with Crippen molar-refractivity contribution in [1.82, 2.24) is 4.90 Å². The Kier molecular flexibility index (Phi) is 4.67. The molecule has 21 heavy (non-hydrogen) atoms. The van der Waals surface area contributed by atoms with Gasteiger partial charge in [0.15, 0.2) is 0 Å². The first-order valence-electron chi connectivity index (χ1n) is 7.18. The fraction of sp³-hybridized carbons (Fsp3) is 0.533. The Hall–Kier alpha value is -1.82. The van der Waals surface area contributed by atoms with Gasteiger partial charge in [0.2, 0.25) is 0 Å². The van der Waals surface area contributed by atoms with E-state index in [1.54, 1.807) is 0 Å². The normalized spacial score (nSPS) is 19.1. The number of halogens is 1. The van der Waals surface area contributed by atoms with Crippen LogP contribution in [0.2, 0.25) is 0 Å². The molecule has 0 saturated carbocycles. The van der Waals surface area contributed by atoms with Gasteiger partial charge in [0.1, 0.15) is 5.82 Å². The van der Waals surface area contributed by atoms with Gasteiger partial charge in [-0.1, -0.05) is 0 Å². The predicted octanol–water partition coefficient (Wildman–Crippen LogP) is 2.25. The maximum atomic E-state index is 13.8. The molecule has 1 aromatic carbocycles. The van der Waals surface area contributed by atoms with Crippen molar-refractivity contribution in [2.45, 2.75) is 26.3 Å². The molecule has 0 radical (unpaired) electrons. The largest absolute Gasteiger partial charge is 0.478 e. The minimum atomic E-state index is -1.15. The molecule has 1 aliphatic heterocycles. The molecule has 1 aromatic rings. The van der Waals surface area contributed by atoms with Gasteiger partial charge in [0.25, 0.3) is 0 Å². The number of carboxylic acids is 1. The summed E-state index contributed by atoms with van der Waals surface area (Å²) in [6.45, 7) is 6.98. The highest BCUT2D eigenvalue weighted by molar-refractivity contribution is 5.94. The predicted molar refractivity (Wildman–Crippen MR) is 81.1 cm³/mol. The van der Waals surface area contributed by atoms with E-state index < -0.39 is 11.8 Å². The molecule has 2 rings (SSSR count). The SMILES string of the molecule is CC(C)N1CCC(CNc2cc(C(=O)O)c(N)cc2F)C1. The van der Waals surface area contributed by atoms with Gasteiger partial charge in [-0.3, -0.25) is 0 Å². The first-order valence-corrected chi connectivity index (χ1v) is 7.18. The van der Waals surface area contributed by atoms with Gasteiger partial charge in [-0.05, 0) is 44.9 Å². The van der Waals surface area contributed by atoms with Crippen molar-refractivity contribution in [2.75, 3.05) is 30.7 Å². The Balaban J connectivity index is 2.01. The van der Waals surface area contributed by atoms with E-state index in [-0.39, 0.29) is 16.9 Å². The van der Waals surface area contributed by atoms with Crippen molar-refractivity contribution in [3.05, 3.63) is 23.5 Å². The van der Waals surface area contributed by atoms with E-state index in [1.807, 2.05) is 0 Å². The number of carbonyl (C=O) groups is 1. The average molecular weight is 295 g/mol. The lowest BCUT2D eigenvalue weighted by atomic mass is 10.1. The van der Waals surface area contributed by atoms with Crippen LogP contribution in [-0.2, 0) is 0 Å². The number of nitrogens with one attached hydrogen (secondary N) is 1. The van der Waals surface area contributed by atoms with E-state index in [2.05, 4.69) is 24.1 Å². The van der Waals surface area contributed by atoms with Gasteiger partial charge in [-0.25, -0.2) is 9.18 Å².